The molecule has 1 amide bonds. The summed E-state index contributed by atoms with van der Waals surface area (Å²) in [5.41, 5.74) is 7.19. The number of nitrogens with two attached hydrogens (primary N) is 1. The van der Waals surface area contributed by atoms with Crippen molar-refractivity contribution in [1.29, 1.82) is 0 Å². The topological polar surface area (TPSA) is 55.1 Å². The summed E-state index contributed by atoms with van der Waals surface area (Å²) in [7, 11) is 0. The van der Waals surface area contributed by atoms with Crippen molar-refractivity contribution in [3.63, 3.8) is 0 Å². The summed E-state index contributed by atoms with van der Waals surface area (Å²) in [6.07, 6.45) is 6.48. The van der Waals surface area contributed by atoms with Gasteiger partial charge in [0.05, 0.1) is 5.92 Å². The molecule has 0 aromatic heterocycles. The van der Waals surface area contributed by atoms with Crippen molar-refractivity contribution in [3.8, 4) is 0 Å². The van der Waals surface area contributed by atoms with Crippen molar-refractivity contribution in [3.05, 3.63) is 35.9 Å². The second-order valence-corrected chi connectivity index (χ2v) is 5.96. The van der Waals surface area contributed by atoms with Gasteiger partial charge in [0.25, 0.3) is 0 Å². The zero-order valence-corrected chi connectivity index (χ0v) is 13.6. The molecule has 0 heterocycles. The number of rotatable bonds is 6. The minimum absolute atomic E-state index is 0. The third-order valence-electron chi connectivity index (χ3n) is 4.46. The van der Waals surface area contributed by atoms with Gasteiger partial charge < -0.3 is 11.1 Å². The van der Waals surface area contributed by atoms with Gasteiger partial charge in [-0.1, -0.05) is 62.9 Å². The molecule has 3 N–H and O–H groups in total. The average molecular weight is 311 g/mol. The maximum Gasteiger partial charge on any atom is 0.224 e. The Morgan fingerprint density at radius 2 is 1.90 bits per heavy atom. The van der Waals surface area contributed by atoms with Crippen LogP contribution in [0.15, 0.2) is 30.3 Å². The number of benzene rings is 1. The van der Waals surface area contributed by atoms with Gasteiger partial charge in [0.2, 0.25) is 5.91 Å². The molecule has 118 valence electrons. The molecule has 0 radical (unpaired) electrons. The predicted octanol–water partition coefficient (Wildman–Crippen LogP) is 3.44. The van der Waals surface area contributed by atoms with Gasteiger partial charge in [-0.3, -0.25) is 4.79 Å². The first-order chi connectivity index (χ1) is 9.68. The lowest BCUT2D eigenvalue weighted by atomic mass is 9.94. The highest BCUT2D eigenvalue weighted by Gasteiger charge is 2.22. The number of carbonyl (C=O) groups is 1. The first-order valence-electron chi connectivity index (χ1n) is 7.76. The highest BCUT2D eigenvalue weighted by molar-refractivity contribution is 5.85. The van der Waals surface area contributed by atoms with E-state index in [-0.39, 0.29) is 30.3 Å². The molecule has 0 bridgehead atoms. The molecular formula is C17H27ClN2O. The quantitative estimate of drug-likeness (QED) is 0.845. The van der Waals surface area contributed by atoms with Crippen molar-refractivity contribution in [2.45, 2.75) is 45.1 Å². The van der Waals surface area contributed by atoms with Crippen LogP contribution in [-0.2, 0) is 4.79 Å². The molecule has 1 aromatic rings. The van der Waals surface area contributed by atoms with E-state index in [0.29, 0.717) is 0 Å². The van der Waals surface area contributed by atoms with Crippen LogP contribution in [0.2, 0.25) is 0 Å². The molecule has 2 rings (SSSR count). The molecule has 1 saturated carbocycles. The zero-order chi connectivity index (χ0) is 14.4. The standard InChI is InChI=1S/C17H26N2O.ClH/c1-13(16(18)15-9-3-2-4-10-15)17(20)19-12-11-14-7-5-6-8-14;/h2-4,9-10,13-14,16H,5-8,11-12,18H2,1H3,(H,19,20);1H. The molecule has 0 saturated heterocycles. The summed E-state index contributed by atoms with van der Waals surface area (Å²) >= 11 is 0. The van der Waals surface area contributed by atoms with Crippen molar-refractivity contribution in [2.75, 3.05) is 6.54 Å². The molecule has 0 spiro atoms. The first-order valence-corrected chi connectivity index (χ1v) is 7.76. The number of amides is 1. The van der Waals surface area contributed by atoms with Crippen molar-refractivity contribution < 1.29 is 4.79 Å². The number of nitrogens with one attached hydrogen (secondary N) is 1. The van der Waals surface area contributed by atoms with Gasteiger partial charge in [0.1, 0.15) is 0 Å². The van der Waals surface area contributed by atoms with E-state index >= 15 is 0 Å². The number of hydrogen-bond donors (Lipinski definition) is 2. The Morgan fingerprint density at radius 1 is 1.29 bits per heavy atom. The number of halogens is 1. The van der Waals surface area contributed by atoms with Gasteiger partial charge in [-0.05, 0) is 17.9 Å². The second-order valence-electron chi connectivity index (χ2n) is 5.96. The zero-order valence-electron chi connectivity index (χ0n) is 12.8. The lowest BCUT2D eigenvalue weighted by molar-refractivity contribution is -0.125. The fourth-order valence-corrected chi connectivity index (χ4v) is 2.99. The summed E-state index contributed by atoms with van der Waals surface area (Å²) in [6, 6.07) is 9.60. The molecule has 1 fully saturated rings. The Kier molecular flexibility index (Phi) is 7.76. The summed E-state index contributed by atoms with van der Waals surface area (Å²) in [5, 5.41) is 3.04. The summed E-state index contributed by atoms with van der Waals surface area (Å²) < 4.78 is 0. The monoisotopic (exact) mass is 310 g/mol. The van der Waals surface area contributed by atoms with E-state index < -0.39 is 0 Å². The second kappa shape index (κ2) is 9.06. The smallest absolute Gasteiger partial charge is 0.224 e. The van der Waals surface area contributed by atoms with Gasteiger partial charge in [-0.2, -0.15) is 0 Å². The Morgan fingerprint density at radius 3 is 2.52 bits per heavy atom. The van der Waals surface area contributed by atoms with E-state index in [0.717, 1.165) is 24.4 Å². The van der Waals surface area contributed by atoms with E-state index in [4.69, 9.17) is 5.73 Å². The molecule has 3 nitrogen and oxygen atoms in total. The number of carbonyl (C=O) groups excluding carboxylic acids is 1. The van der Waals surface area contributed by atoms with Crippen LogP contribution in [0, 0.1) is 11.8 Å². The third-order valence-corrected chi connectivity index (χ3v) is 4.46. The molecule has 0 aliphatic heterocycles. The largest absolute Gasteiger partial charge is 0.356 e. The van der Waals surface area contributed by atoms with Gasteiger partial charge in [0.15, 0.2) is 0 Å². The Hall–Kier alpha value is -1.06. The van der Waals surface area contributed by atoms with Crippen molar-refractivity contribution in [1.82, 2.24) is 5.32 Å². The van der Waals surface area contributed by atoms with Gasteiger partial charge in [0, 0.05) is 12.6 Å². The SMILES string of the molecule is CC(C(=O)NCCC1CCCC1)C(N)c1ccccc1.Cl. The summed E-state index contributed by atoms with van der Waals surface area (Å²) in [5.74, 6) is 0.689. The molecule has 2 unspecified atom stereocenters. The van der Waals surface area contributed by atoms with Crippen LogP contribution in [-0.4, -0.2) is 12.5 Å². The molecule has 2 atom stereocenters. The lowest BCUT2D eigenvalue weighted by Gasteiger charge is -2.20. The maximum absolute atomic E-state index is 12.1. The van der Waals surface area contributed by atoms with Crippen LogP contribution < -0.4 is 11.1 Å². The molecule has 1 aliphatic carbocycles. The van der Waals surface area contributed by atoms with Crippen LogP contribution in [0.25, 0.3) is 0 Å². The van der Waals surface area contributed by atoms with Crippen LogP contribution in [0.5, 0.6) is 0 Å². The fraction of sp³-hybridized carbons (Fsp3) is 0.588. The minimum Gasteiger partial charge on any atom is -0.356 e. The van der Waals surface area contributed by atoms with E-state index in [2.05, 4.69) is 5.32 Å². The lowest BCUT2D eigenvalue weighted by Crippen LogP contribution is -2.36. The third kappa shape index (κ3) is 5.33. The normalized spacial score (nSPS) is 17.8. The maximum atomic E-state index is 12.1. The highest BCUT2D eigenvalue weighted by Crippen LogP contribution is 2.27. The van der Waals surface area contributed by atoms with Crippen molar-refractivity contribution >= 4 is 18.3 Å². The molecule has 4 heteroatoms. The van der Waals surface area contributed by atoms with Crippen LogP contribution in [0.4, 0.5) is 0 Å². The van der Waals surface area contributed by atoms with Crippen molar-refractivity contribution in [2.24, 2.45) is 17.6 Å². The van der Waals surface area contributed by atoms with Crippen LogP contribution in [0.1, 0.15) is 50.6 Å². The molecular weight excluding hydrogens is 284 g/mol. The van der Waals surface area contributed by atoms with Crippen LogP contribution >= 0.6 is 12.4 Å². The van der Waals surface area contributed by atoms with Gasteiger partial charge in [-0.25, -0.2) is 0 Å². The van der Waals surface area contributed by atoms with E-state index in [1.807, 2.05) is 37.3 Å². The average Bonchev–Trinajstić information content (AvgIpc) is 2.99. The summed E-state index contributed by atoms with van der Waals surface area (Å²) in [4.78, 5) is 12.1. The predicted molar refractivity (Wildman–Crippen MR) is 89.4 cm³/mol. The molecule has 21 heavy (non-hydrogen) atoms. The minimum atomic E-state index is -0.234. The summed E-state index contributed by atoms with van der Waals surface area (Å²) in [6.45, 7) is 2.69. The van der Waals surface area contributed by atoms with Gasteiger partial charge in [-0.15, -0.1) is 12.4 Å². The first kappa shape index (κ1) is 18.0. The number of hydrogen-bond acceptors (Lipinski definition) is 2. The Bertz CT molecular complexity index is 418. The fourth-order valence-electron chi connectivity index (χ4n) is 2.99. The Labute approximate surface area is 134 Å². The van der Waals surface area contributed by atoms with Crippen LogP contribution in [0.3, 0.4) is 0 Å². The van der Waals surface area contributed by atoms with E-state index in [1.54, 1.807) is 0 Å². The van der Waals surface area contributed by atoms with E-state index in [9.17, 15) is 4.79 Å². The van der Waals surface area contributed by atoms with Gasteiger partial charge >= 0.3 is 0 Å². The highest BCUT2D eigenvalue weighted by atomic mass is 35.5. The van der Waals surface area contributed by atoms with E-state index in [1.165, 1.54) is 25.7 Å². The Balaban J connectivity index is 0.00000220. The molecule has 1 aromatic carbocycles. The molecule has 1 aliphatic rings.